The Kier molecular flexibility index (Phi) is 5.86. The van der Waals surface area contributed by atoms with Crippen LogP contribution in [0.15, 0.2) is 23.2 Å². The van der Waals surface area contributed by atoms with Gasteiger partial charge in [-0.2, -0.15) is 0 Å². The van der Waals surface area contributed by atoms with E-state index >= 15 is 0 Å². The minimum Gasteiger partial charge on any atom is -0.454 e. The lowest BCUT2D eigenvalue weighted by Crippen LogP contribution is -2.70. The van der Waals surface area contributed by atoms with Crippen molar-refractivity contribution in [3.63, 3.8) is 0 Å². The van der Waals surface area contributed by atoms with Gasteiger partial charge in [-0.3, -0.25) is 4.99 Å². The van der Waals surface area contributed by atoms with Crippen LogP contribution in [-0.2, 0) is 11.3 Å². The number of aliphatic imine (C=N–C) groups is 1. The first-order valence-corrected chi connectivity index (χ1v) is 9.07. The number of hydrogen-bond donors (Lipinski definition) is 2. The number of nitrogens with one attached hydrogen (secondary N) is 2. The van der Waals surface area contributed by atoms with Gasteiger partial charge in [0.25, 0.3) is 0 Å². The number of benzene rings is 1. The van der Waals surface area contributed by atoms with Crippen molar-refractivity contribution in [2.75, 3.05) is 20.4 Å². The number of hydrogen-bond acceptors (Lipinski definition) is 4. The molecule has 144 valence electrons. The molecular formula is C19H28IN3O3. The quantitative estimate of drug-likeness (QED) is 0.402. The van der Waals surface area contributed by atoms with E-state index in [1.165, 1.54) is 6.42 Å². The first kappa shape index (κ1) is 19.5. The van der Waals surface area contributed by atoms with E-state index in [-0.39, 0.29) is 29.4 Å². The molecule has 3 atom stereocenters. The molecule has 4 rings (SSSR count). The third kappa shape index (κ3) is 3.47. The highest BCUT2D eigenvalue weighted by atomic mass is 127. The van der Waals surface area contributed by atoms with Gasteiger partial charge in [0.1, 0.15) is 0 Å². The van der Waals surface area contributed by atoms with Crippen molar-refractivity contribution in [1.82, 2.24) is 10.6 Å². The van der Waals surface area contributed by atoms with Crippen LogP contribution in [0.5, 0.6) is 11.5 Å². The molecule has 7 heteroatoms. The summed E-state index contributed by atoms with van der Waals surface area (Å²) < 4.78 is 16.8. The van der Waals surface area contributed by atoms with Crippen LogP contribution in [0.4, 0.5) is 0 Å². The van der Waals surface area contributed by atoms with E-state index in [0.29, 0.717) is 31.4 Å². The summed E-state index contributed by atoms with van der Waals surface area (Å²) in [5.41, 5.74) is 1.26. The molecule has 3 aliphatic rings. The molecule has 0 bridgehead atoms. The Morgan fingerprint density at radius 3 is 2.88 bits per heavy atom. The molecule has 1 aromatic carbocycles. The van der Waals surface area contributed by atoms with Gasteiger partial charge in [0.15, 0.2) is 17.5 Å². The van der Waals surface area contributed by atoms with Crippen LogP contribution in [0.3, 0.4) is 0 Å². The number of rotatable bonds is 3. The molecule has 6 nitrogen and oxygen atoms in total. The van der Waals surface area contributed by atoms with Gasteiger partial charge in [-0.1, -0.05) is 19.9 Å². The number of ether oxygens (including phenoxy) is 3. The Morgan fingerprint density at radius 1 is 1.27 bits per heavy atom. The second-order valence-corrected chi connectivity index (χ2v) is 7.65. The second-order valence-electron chi connectivity index (χ2n) is 7.65. The highest BCUT2D eigenvalue weighted by Crippen LogP contribution is 2.51. The zero-order valence-corrected chi connectivity index (χ0v) is 17.9. The van der Waals surface area contributed by atoms with Crippen molar-refractivity contribution < 1.29 is 14.2 Å². The average Bonchev–Trinajstić information content (AvgIpc) is 3.09. The van der Waals surface area contributed by atoms with Gasteiger partial charge < -0.3 is 24.8 Å². The summed E-state index contributed by atoms with van der Waals surface area (Å²) in [4.78, 5) is 4.40. The maximum atomic E-state index is 5.98. The predicted octanol–water partition coefficient (Wildman–Crippen LogP) is 2.90. The number of fused-ring (bicyclic) bond motifs is 2. The van der Waals surface area contributed by atoms with E-state index in [1.54, 1.807) is 0 Å². The molecule has 1 saturated carbocycles. The third-order valence-electron chi connectivity index (χ3n) is 5.74. The summed E-state index contributed by atoms with van der Waals surface area (Å²) in [6, 6.07) is 6.40. The molecular weight excluding hydrogens is 445 g/mol. The van der Waals surface area contributed by atoms with Crippen LogP contribution in [0.2, 0.25) is 0 Å². The summed E-state index contributed by atoms with van der Waals surface area (Å²) in [5, 5.41) is 7.03. The minimum atomic E-state index is 0. The van der Waals surface area contributed by atoms with E-state index < -0.39 is 0 Å². The lowest BCUT2D eigenvalue weighted by Gasteiger charge is -2.60. The fraction of sp³-hybridized carbons (Fsp3) is 0.632. The zero-order chi connectivity index (χ0) is 17.4. The van der Waals surface area contributed by atoms with Gasteiger partial charge >= 0.3 is 0 Å². The van der Waals surface area contributed by atoms with Crippen molar-refractivity contribution in [2.24, 2.45) is 16.3 Å². The van der Waals surface area contributed by atoms with Gasteiger partial charge in [0.05, 0.1) is 6.10 Å². The molecule has 0 amide bonds. The normalized spacial score (nSPS) is 28.4. The molecule has 1 saturated heterocycles. The van der Waals surface area contributed by atoms with Gasteiger partial charge in [-0.25, -0.2) is 0 Å². The molecule has 0 spiro atoms. The SMILES string of the molecule is CN=C(NCc1ccc2c(c1)OCO2)NC1C2CCCOC2C1(C)C.I. The topological polar surface area (TPSA) is 64.1 Å². The minimum absolute atomic E-state index is 0. The molecule has 1 aliphatic carbocycles. The van der Waals surface area contributed by atoms with E-state index in [9.17, 15) is 0 Å². The molecule has 2 heterocycles. The Labute approximate surface area is 172 Å². The Bertz CT molecular complexity index is 680. The Morgan fingerprint density at radius 2 is 2.08 bits per heavy atom. The van der Waals surface area contributed by atoms with Crippen LogP contribution in [-0.4, -0.2) is 38.6 Å². The highest BCUT2D eigenvalue weighted by molar-refractivity contribution is 14.0. The Balaban J connectivity index is 0.00000196. The summed E-state index contributed by atoms with van der Waals surface area (Å²) in [5.74, 6) is 3.03. The first-order valence-electron chi connectivity index (χ1n) is 9.07. The lowest BCUT2D eigenvalue weighted by atomic mass is 9.55. The van der Waals surface area contributed by atoms with E-state index in [4.69, 9.17) is 14.2 Å². The molecule has 2 N–H and O–H groups in total. The molecule has 2 aliphatic heterocycles. The summed E-state index contributed by atoms with van der Waals surface area (Å²) in [6.45, 7) is 6.45. The van der Waals surface area contributed by atoms with Crippen LogP contribution in [0.25, 0.3) is 0 Å². The second kappa shape index (κ2) is 7.80. The average molecular weight is 473 g/mol. The van der Waals surface area contributed by atoms with Crippen LogP contribution in [0.1, 0.15) is 32.3 Å². The maximum Gasteiger partial charge on any atom is 0.231 e. The zero-order valence-electron chi connectivity index (χ0n) is 15.6. The van der Waals surface area contributed by atoms with Crippen LogP contribution in [0, 0.1) is 11.3 Å². The molecule has 2 fully saturated rings. The fourth-order valence-electron chi connectivity index (χ4n) is 4.39. The molecule has 1 aromatic rings. The largest absolute Gasteiger partial charge is 0.454 e. The van der Waals surface area contributed by atoms with E-state index in [0.717, 1.165) is 36.0 Å². The van der Waals surface area contributed by atoms with Crippen molar-refractivity contribution in [2.45, 2.75) is 45.4 Å². The molecule has 26 heavy (non-hydrogen) atoms. The maximum absolute atomic E-state index is 5.98. The Hall–Kier alpha value is -1.22. The fourth-order valence-corrected chi connectivity index (χ4v) is 4.39. The van der Waals surface area contributed by atoms with Crippen molar-refractivity contribution in [1.29, 1.82) is 0 Å². The monoisotopic (exact) mass is 473 g/mol. The van der Waals surface area contributed by atoms with Crippen molar-refractivity contribution in [3.8, 4) is 11.5 Å². The smallest absolute Gasteiger partial charge is 0.231 e. The third-order valence-corrected chi connectivity index (χ3v) is 5.74. The molecule has 0 radical (unpaired) electrons. The van der Waals surface area contributed by atoms with E-state index in [2.05, 4.69) is 29.5 Å². The van der Waals surface area contributed by atoms with Crippen LogP contribution >= 0.6 is 24.0 Å². The molecule has 3 unspecified atom stereocenters. The number of halogens is 1. The summed E-state index contributed by atoms with van der Waals surface area (Å²) >= 11 is 0. The predicted molar refractivity (Wildman–Crippen MR) is 111 cm³/mol. The van der Waals surface area contributed by atoms with Crippen LogP contribution < -0.4 is 20.1 Å². The number of nitrogens with zero attached hydrogens (tertiary/aromatic N) is 1. The van der Waals surface area contributed by atoms with E-state index in [1.807, 2.05) is 25.2 Å². The molecule has 0 aromatic heterocycles. The highest BCUT2D eigenvalue weighted by Gasteiger charge is 2.58. The van der Waals surface area contributed by atoms with Gasteiger partial charge in [-0.05, 0) is 30.5 Å². The lowest BCUT2D eigenvalue weighted by molar-refractivity contribution is -0.188. The van der Waals surface area contributed by atoms with Crippen molar-refractivity contribution in [3.05, 3.63) is 23.8 Å². The van der Waals surface area contributed by atoms with Crippen molar-refractivity contribution >= 4 is 29.9 Å². The summed E-state index contributed by atoms with van der Waals surface area (Å²) in [6.07, 6.45) is 2.74. The van der Waals surface area contributed by atoms with Gasteiger partial charge in [-0.15, -0.1) is 24.0 Å². The van der Waals surface area contributed by atoms with Gasteiger partial charge in [0, 0.05) is 37.6 Å². The standard InChI is InChI=1S/C19H27N3O3.HI/c1-19(2)16(13-5-4-8-23-17(13)19)22-18(20-3)21-10-12-6-7-14-15(9-12)25-11-24-14;/h6-7,9,13,16-17H,4-5,8,10-11H2,1-3H3,(H2,20,21,22);1H. The van der Waals surface area contributed by atoms with Gasteiger partial charge in [0.2, 0.25) is 6.79 Å². The number of guanidine groups is 1. The summed E-state index contributed by atoms with van der Waals surface area (Å²) in [7, 11) is 1.81. The first-order chi connectivity index (χ1) is 12.1.